The number of carbonyl (C=O) groups is 1. The van der Waals surface area contributed by atoms with Crippen LogP contribution in [-0.2, 0) is 0 Å². The molecule has 0 atom stereocenters. The molecule has 0 unspecified atom stereocenters. The summed E-state index contributed by atoms with van der Waals surface area (Å²) >= 11 is 0. The number of nitrogens with zero attached hydrogens (tertiary/aromatic N) is 1. The van der Waals surface area contributed by atoms with Crippen LogP contribution in [0.25, 0.3) is 0 Å². The van der Waals surface area contributed by atoms with Crippen molar-refractivity contribution in [3.8, 4) is 17.6 Å². The number of ether oxygens (including phenoxy) is 2. The molecule has 5 heteroatoms. The van der Waals surface area contributed by atoms with E-state index in [9.17, 15) is 4.79 Å². The molecule has 0 heterocycles. The smallest absolute Gasteiger partial charge is 0.339 e. The van der Waals surface area contributed by atoms with Crippen LogP contribution in [0.5, 0.6) is 11.5 Å². The van der Waals surface area contributed by atoms with Crippen molar-refractivity contribution >= 4 is 5.97 Å². The highest BCUT2D eigenvalue weighted by molar-refractivity contribution is 5.91. The molecular formula is C12H13NO4. The molecule has 0 radical (unpaired) electrons. The summed E-state index contributed by atoms with van der Waals surface area (Å²) in [6.45, 7) is 2.32. The largest absolute Gasteiger partial charge is 0.493 e. The van der Waals surface area contributed by atoms with Crippen molar-refractivity contribution < 1.29 is 19.4 Å². The van der Waals surface area contributed by atoms with Crippen LogP contribution < -0.4 is 9.47 Å². The average Bonchev–Trinajstić information content (AvgIpc) is 2.33. The third kappa shape index (κ3) is 3.68. The number of hydrogen-bond acceptors (Lipinski definition) is 4. The minimum atomic E-state index is -1.10. The summed E-state index contributed by atoms with van der Waals surface area (Å²) in [4.78, 5) is 10.9. The zero-order valence-electron chi connectivity index (χ0n) is 9.47. The van der Waals surface area contributed by atoms with E-state index in [2.05, 4.69) is 0 Å². The van der Waals surface area contributed by atoms with Crippen LogP contribution in [0.1, 0.15) is 23.7 Å². The predicted molar refractivity (Wildman–Crippen MR) is 60.3 cm³/mol. The van der Waals surface area contributed by atoms with E-state index < -0.39 is 5.97 Å². The maximum absolute atomic E-state index is 10.9. The van der Waals surface area contributed by atoms with Gasteiger partial charge in [-0.05, 0) is 18.6 Å². The van der Waals surface area contributed by atoms with E-state index in [0.717, 1.165) is 6.42 Å². The Hall–Kier alpha value is -2.22. The molecule has 1 aromatic carbocycles. The van der Waals surface area contributed by atoms with Gasteiger partial charge in [-0.15, -0.1) is 0 Å². The van der Waals surface area contributed by atoms with Crippen LogP contribution in [-0.4, -0.2) is 24.3 Å². The third-order valence-electron chi connectivity index (χ3n) is 1.95. The van der Waals surface area contributed by atoms with Crippen LogP contribution in [0, 0.1) is 11.3 Å². The van der Waals surface area contributed by atoms with E-state index in [-0.39, 0.29) is 17.9 Å². The normalized spacial score (nSPS) is 9.41. The molecule has 5 nitrogen and oxygen atoms in total. The van der Waals surface area contributed by atoms with Gasteiger partial charge in [-0.25, -0.2) is 4.79 Å². The Bertz CT molecular complexity index is 437. The van der Waals surface area contributed by atoms with Crippen LogP contribution in [0.4, 0.5) is 0 Å². The second kappa shape index (κ2) is 6.38. The van der Waals surface area contributed by atoms with E-state index in [4.69, 9.17) is 19.8 Å². The highest BCUT2D eigenvalue weighted by Crippen LogP contribution is 2.25. The lowest BCUT2D eigenvalue weighted by atomic mass is 10.2. The fourth-order valence-corrected chi connectivity index (χ4v) is 1.22. The Labute approximate surface area is 99.2 Å². The summed E-state index contributed by atoms with van der Waals surface area (Å²) in [5, 5.41) is 17.3. The number of nitriles is 1. The molecule has 0 spiro atoms. The Kier molecular flexibility index (Phi) is 4.82. The lowest BCUT2D eigenvalue weighted by Crippen LogP contribution is -2.04. The molecule has 0 aliphatic heterocycles. The molecule has 17 heavy (non-hydrogen) atoms. The lowest BCUT2D eigenvalue weighted by Gasteiger charge is -2.09. The van der Waals surface area contributed by atoms with Crippen molar-refractivity contribution in [3.05, 3.63) is 23.8 Å². The Morgan fingerprint density at radius 2 is 2.24 bits per heavy atom. The number of aromatic carboxylic acids is 1. The molecule has 90 valence electrons. The van der Waals surface area contributed by atoms with E-state index in [1.807, 2.05) is 6.92 Å². The van der Waals surface area contributed by atoms with Crippen LogP contribution in [0.2, 0.25) is 0 Å². The first kappa shape index (κ1) is 12.8. The predicted octanol–water partition coefficient (Wildman–Crippen LogP) is 2.08. The van der Waals surface area contributed by atoms with Gasteiger partial charge in [0, 0.05) is 6.07 Å². The Balaban J connectivity index is 2.93. The summed E-state index contributed by atoms with van der Waals surface area (Å²) in [6, 6.07) is 6.24. The van der Waals surface area contributed by atoms with Gasteiger partial charge in [-0.3, -0.25) is 0 Å². The Morgan fingerprint density at radius 1 is 1.47 bits per heavy atom. The molecule has 1 aromatic rings. The quantitative estimate of drug-likeness (QED) is 0.816. The fraction of sp³-hybridized carbons (Fsp3) is 0.333. The van der Waals surface area contributed by atoms with Crippen LogP contribution in [0.3, 0.4) is 0 Å². The first-order valence-corrected chi connectivity index (χ1v) is 5.19. The highest BCUT2D eigenvalue weighted by Gasteiger charge is 2.12. The monoisotopic (exact) mass is 235 g/mol. The number of rotatable bonds is 6. The topological polar surface area (TPSA) is 79.6 Å². The van der Waals surface area contributed by atoms with Crippen LogP contribution >= 0.6 is 0 Å². The van der Waals surface area contributed by atoms with E-state index in [1.54, 1.807) is 12.1 Å². The second-order valence-electron chi connectivity index (χ2n) is 3.26. The summed E-state index contributed by atoms with van der Waals surface area (Å²) < 4.78 is 10.4. The van der Waals surface area contributed by atoms with Gasteiger partial charge in [0.2, 0.25) is 0 Å². The van der Waals surface area contributed by atoms with Gasteiger partial charge in [0.1, 0.15) is 23.1 Å². The van der Waals surface area contributed by atoms with Gasteiger partial charge in [0.15, 0.2) is 6.61 Å². The van der Waals surface area contributed by atoms with Gasteiger partial charge in [0.05, 0.1) is 6.61 Å². The number of carboxylic acids is 1. The number of hydrogen-bond donors (Lipinski definition) is 1. The van der Waals surface area contributed by atoms with Gasteiger partial charge in [0.25, 0.3) is 0 Å². The zero-order valence-corrected chi connectivity index (χ0v) is 9.47. The van der Waals surface area contributed by atoms with Crippen molar-refractivity contribution in [2.24, 2.45) is 0 Å². The summed E-state index contributed by atoms with van der Waals surface area (Å²) in [5.74, 6) is -0.419. The molecule has 0 bridgehead atoms. The minimum absolute atomic E-state index is 0.0177. The molecule has 0 fully saturated rings. The summed E-state index contributed by atoms with van der Waals surface area (Å²) in [5.41, 5.74) is 0.0177. The van der Waals surface area contributed by atoms with E-state index in [1.165, 1.54) is 12.1 Å². The third-order valence-corrected chi connectivity index (χ3v) is 1.95. The van der Waals surface area contributed by atoms with Gasteiger partial charge >= 0.3 is 5.97 Å². The summed E-state index contributed by atoms with van der Waals surface area (Å²) in [7, 11) is 0. The first-order chi connectivity index (χ1) is 8.19. The van der Waals surface area contributed by atoms with Gasteiger partial charge < -0.3 is 14.6 Å². The molecule has 0 aromatic heterocycles. The highest BCUT2D eigenvalue weighted by atomic mass is 16.5. The molecule has 0 aliphatic carbocycles. The number of carboxylic acid groups (broad SMARTS) is 1. The standard InChI is InChI=1S/C12H13NO4/c1-2-6-16-9-3-4-10(12(14)15)11(8-9)17-7-5-13/h3-4,8H,2,6-7H2,1H3,(H,14,15). The minimum Gasteiger partial charge on any atom is -0.493 e. The van der Waals surface area contributed by atoms with Crippen LogP contribution in [0.15, 0.2) is 18.2 Å². The maximum Gasteiger partial charge on any atom is 0.339 e. The van der Waals surface area contributed by atoms with Gasteiger partial charge in [-0.1, -0.05) is 6.92 Å². The maximum atomic E-state index is 10.9. The Morgan fingerprint density at radius 3 is 2.82 bits per heavy atom. The zero-order chi connectivity index (χ0) is 12.7. The SMILES string of the molecule is CCCOc1ccc(C(=O)O)c(OCC#N)c1. The average molecular weight is 235 g/mol. The number of benzene rings is 1. The summed E-state index contributed by atoms with van der Waals surface area (Å²) in [6.07, 6.45) is 0.856. The van der Waals surface area contributed by atoms with Crippen molar-refractivity contribution in [2.45, 2.75) is 13.3 Å². The van der Waals surface area contributed by atoms with Gasteiger partial charge in [-0.2, -0.15) is 5.26 Å². The lowest BCUT2D eigenvalue weighted by molar-refractivity contribution is 0.0693. The molecule has 1 N–H and O–H groups in total. The van der Waals surface area contributed by atoms with Crippen molar-refractivity contribution in [1.82, 2.24) is 0 Å². The van der Waals surface area contributed by atoms with Crippen molar-refractivity contribution in [2.75, 3.05) is 13.2 Å². The van der Waals surface area contributed by atoms with E-state index >= 15 is 0 Å². The first-order valence-electron chi connectivity index (χ1n) is 5.19. The second-order valence-corrected chi connectivity index (χ2v) is 3.26. The van der Waals surface area contributed by atoms with E-state index in [0.29, 0.717) is 12.4 Å². The fourth-order valence-electron chi connectivity index (χ4n) is 1.22. The molecular weight excluding hydrogens is 222 g/mol. The molecule has 0 aliphatic rings. The molecule has 0 saturated heterocycles. The molecule has 0 amide bonds. The molecule has 0 saturated carbocycles. The van der Waals surface area contributed by atoms with Crippen molar-refractivity contribution in [3.63, 3.8) is 0 Å². The molecule has 1 rings (SSSR count). The van der Waals surface area contributed by atoms with Crippen molar-refractivity contribution in [1.29, 1.82) is 5.26 Å².